The number of rotatable bonds is 5. The van der Waals surface area contributed by atoms with Crippen LogP contribution in [0.3, 0.4) is 0 Å². The van der Waals surface area contributed by atoms with Crippen LogP contribution in [0.15, 0.2) is 41.1 Å². The van der Waals surface area contributed by atoms with Gasteiger partial charge in [-0.2, -0.15) is 0 Å². The third-order valence-electron chi connectivity index (χ3n) is 4.02. The van der Waals surface area contributed by atoms with Crippen molar-refractivity contribution in [2.75, 3.05) is 7.05 Å². The number of aromatic nitrogens is 2. The fraction of sp³-hybridized carbons (Fsp3) is 0.278. The molecule has 0 saturated heterocycles. The minimum absolute atomic E-state index is 0.0406. The first-order valence-corrected chi connectivity index (χ1v) is 8.05. The Hall–Kier alpha value is -3.09. The first kappa shape index (κ1) is 16.8. The Bertz CT molecular complexity index is 910. The van der Waals surface area contributed by atoms with Crippen LogP contribution in [0, 0.1) is 5.92 Å². The number of hydrogen-bond acceptors (Lipinski definition) is 4. The third-order valence-corrected chi connectivity index (χ3v) is 4.02. The molecule has 7 nitrogen and oxygen atoms in total. The molecule has 7 heteroatoms. The van der Waals surface area contributed by atoms with Gasteiger partial charge in [-0.15, -0.1) is 0 Å². The Morgan fingerprint density at radius 1 is 1.20 bits per heavy atom. The number of nitrogens with one attached hydrogen (secondary N) is 3. The molecule has 0 aliphatic rings. The normalized spacial score (nSPS) is 12.3. The third kappa shape index (κ3) is 3.40. The lowest BCUT2D eigenvalue weighted by atomic mass is 10.0. The van der Waals surface area contributed by atoms with E-state index in [0.717, 1.165) is 16.6 Å². The zero-order valence-corrected chi connectivity index (χ0v) is 14.3. The van der Waals surface area contributed by atoms with Crippen molar-refractivity contribution >= 4 is 22.8 Å². The Balaban J connectivity index is 1.80. The number of benzene rings is 1. The van der Waals surface area contributed by atoms with Crippen LogP contribution in [0.25, 0.3) is 22.4 Å². The SMILES string of the molecule is CNC(=O)C(NC(=O)c1ccc(-c2ccc3nc[nH]c3c2)o1)C(C)C. The molecular formula is C18H20N4O3. The lowest BCUT2D eigenvalue weighted by Crippen LogP contribution is -2.48. The maximum absolute atomic E-state index is 12.4. The molecule has 2 heterocycles. The van der Waals surface area contributed by atoms with Crippen LogP contribution in [-0.2, 0) is 4.79 Å². The fourth-order valence-electron chi connectivity index (χ4n) is 2.61. The molecule has 1 aromatic carbocycles. The first-order chi connectivity index (χ1) is 12.0. The van der Waals surface area contributed by atoms with Crippen LogP contribution >= 0.6 is 0 Å². The van der Waals surface area contributed by atoms with Gasteiger partial charge in [-0.05, 0) is 36.2 Å². The topological polar surface area (TPSA) is 100 Å². The number of carbonyl (C=O) groups is 2. The zero-order valence-electron chi connectivity index (χ0n) is 14.3. The molecule has 0 bridgehead atoms. The van der Waals surface area contributed by atoms with Crippen molar-refractivity contribution in [3.05, 3.63) is 42.4 Å². The summed E-state index contributed by atoms with van der Waals surface area (Å²) >= 11 is 0. The lowest BCUT2D eigenvalue weighted by molar-refractivity contribution is -0.123. The summed E-state index contributed by atoms with van der Waals surface area (Å²) in [5, 5.41) is 5.27. The number of fused-ring (bicyclic) bond motifs is 1. The molecule has 2 aromatic heterocycles. The van der Waals surface area contributed by atoms with Gasteiger partial charge in [-0.3, -0.25) is 9.59 Å². The van der Waals surface area contributed by atoms with Crippen LogP contribution < -0.4 is 10.6 Å². The second-order valence-corrected chi connectivity index (χ2v) is 6.11. The maximum Gasteiger partial charge on any atom is 0.287 e. The van der Waals surface area contributed by atoms with Gasteiger partial charge in [0.2, 0.25) is 5.91 Å². The van der Waals surface area contributed by atoms with Crippen LogP contribution in [0.5, 0.6) is 0 Å². The van der Waals surface area contributed by atoms with Crippen LogP contribution in [0.2, 0.25) is 0 Å². The maximum atomic E-state index is 12.4. The largest absolute Gasteiger partial charge is 0.451 e. The van der Waals surface area contributed by atoms with Crippen molar-refractivity contribution < 1.29 is 14.0 Å². The van der Waals surface area contributed by atoms with E-state index in [2.05, 4.69) is 20.6 Å². The van der Waals surface area contributed by atoms with Crippen molar-refractivity contribution in [3.63, 3.8) is 0 Å². The van der Waals surface area contributed by atoms with E-state index in [4.69, 9.17) is 4.42 Å². The predicted octanol–water partition coefficient (Wildman–Crippen LogP) is 2.32. The number of H-pyrrole nitrogens is 1. The number of carbonyl (C=O) groups excluding carboxylic acids is 2. The van der Waals surface area contributed by atoms with Crippen LogP contribution in [0.1, 0.15) is 24.4 Å². The van der Waals surface area contributed by atoms with Crippen molar-refractivity contribution in [2.45, 2.75) is 19.9 Å². The van der Waals surface area contributed by atoms with Crippen molar-refractivity contribution in [1.82, 2.24) is 20.6 Å². The summed E-state index contributed by atoms with van der Waals surface area (Å²) in [6, 6.07) is 8.38. The number of hydrogen-bond donors (Lipinski definition) is 3. The number of aromatic amines is 1. The van der Waals surface area contributed by atoms with E-state index in [0.29, 0.717) is 5.76 Å². The Morgan fingerprint density at radius 2 is 2.00 bits per heavy atom. The van der Waals surface area contributed by atoms with Gasteiger partial charge in [0.25, 0.3) is 5.91 Å². The molecule has 0 aliphatic heterocycles. The summed E-state index contributed by atoms with van der Waals surface area (Å²) in [6.45, 7) is 3.74. The van der Waals surface area contributed by atoms with Crippen molar-refractivity contribution in [3.8, 4) is 11.3 Å². The number of imidazole rings is 1. The highest BCUT2D eigenvalue weighted by molar-refractivity contribution is 5.96. The summed E-state index contributed by atoms with van der Waals surface area (Å²) < 4.78 is 5.67. The minimum atomic E-state index is -0.618. The molecule has 0 fully saturated rings. The van der Waals surface area contributed by atoms with Gasteiger partial charge in [0, 0.05) is 12.6 Å². The van der Waals surface area contributed by atoms with Gasteiger partial charge in [0.05, 0.1) is 17.4 Å². The van der Waals surface area contributed by atoms with E-state index in [9.17, 15) is 9.59 Å². The van der Waals surface area contributed by atoms with Crippen molar-refractivity contribution in [2.24, 2.45) is 5.92 Å². The number of amides is 2. The van der Waals surface area contributed by atoms with Gasteiger partial charge in [0.1, 0.15) is 11.8 Å². The highest BCUT2D eigenvalue weighted by atomic mass is 16.3. The second kappa shape index (κ2) is 6.80. The summed E-state index contributed by atoms with van der Waals surface area (Å²) in [7, 11) is 1.54. The van der Waals surface area contributed by atoms with Gasteiger partial charge >= 0.3 is 0 Å². The van der Waals surface area contributed by atoms with Crippen LogP contribution in [-0.4, -0.2) is 34.9 Å². The van der Waals surface area contributed by atoms with Crippen molar-refractivity contribution in [1.29, 1.82) is 0 Å². The van der Waals surface area contributed by atoms with Gasteiger partial charge < -0.3 is 20.0 Å². The standard InChI is InChI=1S/C18H20N4O3/c1-10(2)16(18(24)19-3)22-17(23)15-7-6-14(25-15)11-4-5-12-13(8-11)21-9-20-12/h4-10,16H,1-3H3,(H,19,24)(H,20,21)(H,22,23). The van der Waals surface area contributed by atoms with E-state index >= 15 is 0 Å². The molecule has 3 N–H and O–H groups in total. The molecule has 3 aromatic rings. The molecule has 0 radical (unpaired) electrons. The minimum Gasteiger partial charge on any atom is -0.451 e. The Labute approximate surface area is 144 Å². The van der Waals surface area contributed by atoms with Gasteiger partial charge in [-0.25, -0.2) is 4.98 Å². The molecule has 25 heavy (non-hydrogen) atoms. The van der Waals surface area contributed by atoms with E-state index in [-0.39, 0.29) is 17.6 Å². The molecule has 130 valence electrons. The average molecular weight is 340 g/mol. The zero-order chi connectivity index (χ0) is 18.0. The van der Waals surface area contributed by atoms with E-state index in [1.807, 2.05) is 32.0 Å². The van der Waals surface area contributed by atoms with E-state index in [1.165, 1.54) is 0 Å². The monoisotopic (exact) mass is 340 g/mol. The molecule has 1 unspecified atom stereocenters. The van der Waals surface area contributed by atoms with Gasteiger partial charge in [-0.1, -0.05) is 13.8 Å². The smallest absolute Gasteiger partial charge is 0.287 e. The molecule has 2 amide bonds. The molecule has 0 aliphatic carbocycles. The highest BCUT2D eigenvalue weighted by Crippen LogP contribution is 2.25. The first-order valence-electron chi connectivity index (χ1n) is 8.05. The number of likely N-dealkylation sites (N-methyl/N-ethyl adjacent to an activating group) is 1. The fourth-order valence-corrected chi connectivity index (χ4v) is 2.61. The Morgan fingerprint density at radius 3 is 2.72 bits per heavy atom. The predicted molar refractivity (Wildman–Crippen MR) is 94.0 cm³/mol. The number of furan rings is 1. The van der Waals surface area contributed by atoms with E-state index in [1.54, 1.807) is 25.5 Å². The Kier molecular flexibility index (Phi) is 4.56. The van der Waals surface area contributed by atoms with Gasteiger partial charge in [0.15, 0.2) is 5.76 Å². The average Bonchev–Trinajstić information content (AvgIpc) is 3.26. The molecule has 3 rings (SSSR count). The summed E-state index contributed by atoms with van der Waals surface area (Å²) in [4.78, 5) is 31.5. The van der Waals surface area contributed by atoms with E-state index < -0.39 is 11.9 Å². The molecule has 1 atom stereocenters. The summed E-state index contributed by atoms with van der Waals surface area (Å²) in [6.07, 6.45) is 1.63. The molecule has 0 spiro atoms. The highest BCUT2D eigenvalue weighted by Gasteiger charge is 2.25. The summed E-state index contributed by atoms with van der Waals surface area (Å²) in [5.41, 5.74) is 2.58. The summed E-state index contributed by atoms with van der Waals surface area (Å²) in [5.74, 6) is 0.0362. The lowest BCUT2D eigenvalue weighted by Gasteiger charge is -2.19. The van der Waals surface area contributed by atoms with Crippen LogP contribution in [0.4, 0.5) is 0 Å². The quantitative estimate of drug-likeness (QED) is 0.663. The number of nitrogens with zero attached hydrogens (tertiary/aromatic N) is 1. The molecular weight excluding hydrogens is 320 g/mol. The second-order valence-electron chi connectivity index (χ2n) is 6.11. The molecule has 0 saturated carbocycles.